The molecule has 0 fully saturated rings. The van der Waals surface area contributed by atoms with Gasteiger partial charge in [0.2, 0.25) is 0 Å². The van der Waals surface area contributed by atoms with Crippen molar-refractivity contribution in [3.63, 3.8) is 0 Å². The summed E-state index contributed by atoms with van der Waals surface area (Å²) in [6, 6.07) is 5.56. The maximum atomic E-state index is 9.56. The lowest BCUT2D eigenvalue weighted by Crippen LogP contribution is -2.27. The molecule has 1 heterocycles. The van der Waals surface area contributed by atoms with Gasteiger partial charge < -0.3 is 14.4 Å². The summed E-state index contributed by atoms with van der Waals surface area (Å²) >= 11 is 3.34. The molecule has 1 aromatic rings. The van der Waals surface area contributed by atoms with E-state index in [1.807, 2.05) is 18.2 Å². The van der Waals surface area contributed by atoms with Crippen molar-refractivity contribution in [1.29, 1.82) is 0 Å². The van der Waals surface area contributed by atoms with Crippen molar-refractivity contribution < 1.29 is 14.4 Å². The van der Waals surface area contributed by atoms with Crippen LogP contribution < -0.4 is 10.2 Å². The SMILES string of the molecule is COc1ccc2c(c1)C(CBr)OB2O. The second-order valence-corrected chi connectivity index (χ2v) is 3.77. The molecule has 14 heavy (non-hydrogen) atoms. The number of halogens is 1. The number of ether oxygens (including phenoxy) is 1. The Bertz CT molecular complexity index is 345. The van der Waals surface area contributed by atoms with Crippen LogP contribution in [-0.2, 0) is 4.65 Å². The van der Waals surface area contributed by atoms with Crippen LogP contribution in [0.2, 0.25) is 0 Å². The molecule has 2 rings (SSSR count). The van der Waals surface area contributed by atoms with Gasteiger partial charge in [-0.1, -0.05) is 22.0 Å². The van der Waals surface area contributed by atoms with Crippen LogP contribution in [0.5, 0.6) is 5.75 Å². The van der Waals surface area contributed by atoms with Crippen LogP contribution in [0.1, 0.15) is 11.7 Å². The predicted octanol–water partition coefficient (Wildman–Crippen LogP) is 0.849. The molecule has 0 aromatic heterocycles. The van der Waals surface area contributed by atoms with E-state index in [0.717, 1.165) is 16.8 Å². The normalized spacial score (nSPS) is 19.6. The lowest BCUT2D eigenvalue weighted by molar-refractivity contribution is 0.214. The Balaban J connectivity index is 2.42. The van der Waals surface area contributed by atoms with Gasteiger partial charge in [-0.15, -0.1) is 0 Å². The average Bonchev–Trinajstić information content (AvgIpc) is 2.55. The van der Waals surface area contributed by atoms with Gasteiger partial charge in [0.25, 0.3) is 0 Å². The van der Waals surface area contributed by atoms with E-state index in [4.69, 9.17) is 9.39 Å². The smallest absolute Gasteiger partial charge is 0.492 e. The zero-order valence-corrected chi connectivity index (χ0v) is 9.32. The summed E-state index contributed by atoms with van der Waals surface area (Å²) in [5, 5.41) is 10.2. The van der Waals surface area contributed by atoms with Crippen LogP contribution in [0.3, 0.4) is 0 Å². The molecular weight excluding hydrogens is 247 g/mol. The molecule has 1 atom stereocenters. The Morgan fingerprint density at radius 2 is 2.43 bits per heavy atom. The molecule has 0 bridgehead atoms. The fourth-order valence-electron chi connectivity index (χ4n) is 1.61. The maximum Gasteiger partial charge on any atom is 0.492 e. The van der Waals surface area contributed by atoms with Crippen molar-refractivity contribution in [2.24, 2.45) is 0 Å². The Hall–Kier alpha value is -0.515. The van der Waals surface area contributed by atoms with Gasteiger partial charge in [0.1, 0.15) is 5.75 Å². The lowest BCUT2D eigenvalue weighted by Gasteiger charge is -2.08. The van der Waals surface area contributed by atoms with Crippen LogP contribution in [0.15, 0.2) is 18.2 Å². The summed E-state index contributed by atoms with van der Waals surface area (Å²) < 4.78 is 10.4. The van der Waals surface area contributed by atoms with E-state index < -0.39 is 7.12 Å². The first kappa shape index (κ1) is 10.0. The minimum absolute atomic E-state index is 0.0879. The topological polar surface area (TPSA) is 38.7 Å². The van der Waals surface area contributed by atoms with E-state index in [1.165, 1.54) is 0 Å². The quantitative estimate of drug-likeness (QED) is 0.630. The third-order valence-electron chi connectivity index (χ3n) is 2.34. The van der Waals surface area contributed by atoms with Gasteiger partial charge in [0, 0.05) is 5.33 Å². The Labute approximate surface area is 91.3 Å². The van der Waals surface area contributed by atoms with E-state index in [9.17, 15) is 5.02 Å². The summed E-state index contributed by atoms with van der Waals surface area (Å²) in [6.45, 7) is 0. The zero-order chi connectivity index (χ0) is 10.1. The summed E-state index contributed by atoms with van der Waals surface area (Å²) in [4.78, 5) is 0. The molecule has 1 unspecified atom stereocenters. The molecule has 0 radical (unpaired) electrons. The highest BCUT2D eigenvalue weighted by molar-refractivity contribution is 9.09. The predicted molar refractivity (Wildman–Crippen MR) is 58.2 cm³/mol. The number of hydrogen-bond acceptors (Lipinski definition) is 3. The maximum absolute atomic E-state index is 9.56. The van der Waals surface area contributed by atoms with E-state index in [1.54, 1.807) is 7.11 Å². The van der Waals surface area contributed by atoms with Crippen LogP contribution in [0.25, 0.3) is 0 Å². The first-order chi connectivity index (χ1) is 6.76. The van der Waals surface area contributed by atoms with E-state index in [2.05, 4.69) is 15.9 Å². The number of fused-ring (bicyclic) bond motifs is 1. The first-order valence-corrected chi connectivity index (χ1v) is 5.45. The molecule has 1 aliphatic heterocycles. The van der Waals surface area contributed by atoms with Crippen LogP contribution >= 0.6 is 15.9 Å². The molecule has 74 valence electrons. The minimum atomic E-state index is -0.807. The molecule has 1 aliphatic rings. The van der Waals surface area contributed by atoms with Gasteiger partial charge in [-0.05, 0) is 23.2 Å². The van der Waals surface area contributed by atoms with Gasteiger partial charge in [-0.25, -0.2) is 0 Å². The molecule has 3 nitrogen and oxygen atoms in total. The van der Waals surface area contributed by atoms with Crippen LogP contribution in [0, 0.1) is 0 Å². The van der Waals surface area contributed by atoms with Gasteiger partial charge in [0.15, 0.2) is 0 Å². The van der Waals surface area contributed by atoms with E-state index in [0.29, 0.717) is 5.33 Å². The number of alkyl halides is 1. The Morgan fingerprint density at radius 3 is 3.07 bits per heavy atom. The van der Waals surface area contributed by atoms with Gasteiger partial charge in [-0.3, -0.25) is 0 Å². The van der Waals surface area contributed by atoms with Gasteiger partial charge in [-0.2, -0.15) is 0 Å². The highest BCUT2D eigenvalue weighted by Gasteiger charge is 2.34. The van der Waals surface area contributed by atoms with Gasteiger partial charge >= 0.3 is 7.12 Å². The fourth-order valence-corrected chi connectivity index (χ4v) is 2.11. The van der Waals surface area contributed by atoms with Crippen molar-refractivity contribution in [3.8, 4) is 5.75 Å². The van der Waals surface area contributed by atoms with Crippen LogP contribution in [-0.4, -0.2) is 24.6 Å². The third kappa shape index (κ3) is 1.56. The summed E-state index contributed by atoms with van der Waals surface area (Å²) in [7, 11) is 0.815. The number of methoxy groups -OCH3 is 1. The molecule has 5 heteroatoms. The molecule has 0 saturated carbocycles. The molecule has 1 aromatic carbocycles. The van der Waals surface area contributed by atoms with Crippen molar-refractivity contribution >= 4 is 28.5 Å². The number of benzene rings is 1. The van der Waals surface area contributed by atoms with Crippen molar-refractivity contribution in [2.45, 2.75) is 6.10 Å². The fraction of sp³-hybridized carbons (Fsp3) is 0.333. The minimum Gasteiger partial charge on any atom is -0.497 e. The zero-order valence-electron chi connectivity index (χ0n) is 7.74. The highest BCUT2D eigenvalue weighted by atomic mass is 79.9. The number of rotatable bonds is 2. The summed E-state index contributed by atoms with van der Waals surface area (Å²) in [5.74, 6) is 0.785. The molecule has 0 amide bonds. The molecule has 0 spiro atoms. The lowest BCUT2D eigenvalue weighted by atomic mass is 9.79. The Morgan fingerprint density at radius 1 is 1.64 bits per heavy atom. The monoisotopic (exact) mass is 256 g/mol. The average molecular weight is 257 g/mol. The second kappa shape index (κ2) is 3.92. The van der Waals surface area contributed by atoms with Crippen molar-refractivity contribution in [2.75, 3.05) is 12.4 Å². The first-order valence-electron chi connectivity index (χ1n) is 4.33. The molecule has 0 aliphatic carbocycles. The van der Waals surface area contributed by atoms with E-state index in [-0.39, 0.29) is 6.10 Å². The van der Waals surface area contributed by atoms with E-state index >= 15 is 0 Å². The standard InChI is InChI=1S/C9H10BBrO3/c1-13-6-2-3-8-7(4-6)9(5-11)14-10(8)12/h2-4,9,12H,5H2,1H3. The largest absolute Gasteiger partial charge is 0.497 e. The molecule has 0 saturated heterocycles. The van der Waals surface area contributed by atoms with Crippen molar-refractivity contribution in [1.82, 2.24) is 0 Å². The Kier molecular flexibility index (Phi) is 2.81. The second-order valence-electron chi connectivity index (χ2n) is 3.13. The van der Waals surface area contributed by atoms with Crippen LogP contribution in [0.4, 0.5) is 0 Å². The van der Waals surface area contributed by atoms with Crippen molar-refractivity contribution in [3.05, 3.63) is 23.8 Å². The highest BCUT2D eigenvalue weighted by Crippen LogP contribution is 2.27. The number of hydrogen-bond donors (Lipinski definition) is 1. The molecular formula is C9H10BBrO3. The summed E-state index contributed by atoms with van der Waals surface area (Å²) in [6.07, 6.45) is -0.0879. The molecule has 1 N–H and O–H groups in total. The summed E-state index contributed by atoms with van der Waals surface area (Å²) in [5.41, 5.74) is 1.82. The third-order valence-corrected chi connectivity index (χ3v) is 2.93. The van der Waals surface area contributed by atoms with Gasteiger partial charge in [0.05, 0.1) is 13.2 Å².